The number of hydrogen-bond acceptors (Lipinski definition) is 6. The molecule has 0 saturated carbocycles. The molecule has 1 aliphatic rings. The fourth-order valence-corrected chi connectivity index (χ4v) is 2.24. The third kappa shape index (κ3) is 3.40. The topological polar surface area (TPSA) is 56.3 Å². The second-order valence-electron chi connectivity index (χ2n) is 3.99. The van der Waals surface area contributed by atoms with Gasteiger partial charge in [-0.05, 0) is 20.3 Å². The van der Waals surface area contributed by atoms with Crippen molar-refractivity contribution < 1.29 is 9.47 Å². The standard InChI is InChI=1S/C10H17N3O2S/c1-7(5-15-9-3-4-14-6-9)11-10-13-12-8(2)16-10/h7,9H,3-6H2,1-2H3,(H,11,13). The molecule has 2 heterocycles. The fourth-order valence-electron chi connectivity index (χ4n) is 1.53. The van der Waals surface area contributed by atoms with Gasteiger partial charge in [0.2, 0.25) is 5.13 Å². The van der Waals surface area contributed by atoms with Crippen molar-refractivity contribution >= 4 is 16.5 Å². The van der Waals surface area contributed by atoms with Crippen molar-refractivity contribution in [2.75, 3.05) is 25.1 Å². The maximum Gasteiger partial charge on any atom is 0.205 e. The van der Waals surface area contributed by atoms with Crippen molar-refractivity contribution in [1.29, 1.82) is 0 Å². The number of nitrogens with zero attached hydrogens (tertiary/aromatic N) is 2. The third-order valence-corrected chi connectivity index (χ3v) is 3.14. The van der Waals surface area contributed by atoms with E-state index in [-0.39, 0.29) is 12.1 Å². The maximum absolute atomic E-state index is 5.71. The van der Waals surface area contributed by atoms with E-state index in [9.17, 15) is 0 Å². The average molecular weight is 243 g/mol. The normalized spacial score (nSPS) is 22.2. The monoisotopic (exact) mass is 243 g/mol. The summed E-state index contributed by atoms with van der Waals surface area (Å²) < 4.78 is 11.0. The van der Waals surface area contributed by atoms with E-state index in [1.54, 1.807) is 11.3 Å². The molecule has 90 valence electrons. The molecule has 1 saturated heterocycles. The van der Waals surface area contributed by atoms with E-state index in [2.05, 4.69) is 22.4 Å². The molecule has 0 aliphatic carbocycles. The number of rotatable bonds is 5. The van der Waals surface area contributed by atoms with E-state index in [1.165, 1.54) is 0 Å². The molecule has 0 radical (unpaired) electrons. The lowest BCUT2D eigenvalue weighted by molar-refractivity contribution is 0.0395. The number of nitrogens with one attached hydrogen (secondary N) is 1. The molecule has 1 aliphatic heterocycles. The molecule has 0 spiro atoms. The summed E-state index contributed by atoms with van der Waals surface area (Å²) in [6.45, 7) is 6.24. The average Bonchev–Trinajstić information content (AvgIpc) is 2.87. The third-order valence-electron chi connectivity index (χ3n) is 2.37. The zero-order valence-electron chi connectivity index (χ0n) is 9.60. The van der Waals surface area contributed by atoms with E-state index >= 15 is 0 Å². The predicted molar refractivity (Wildman–Crippen MR) is 62.9 cm³/mol. The van der Waals surface area contributed by atoms with Crippen LogP contribution in [-0.4, -0.2) is 42.2 Å². The van der Waals surface area contributed by atoms with Crippen LogP contribution in [0.4, 0.5) is 5.13 Å². The van der Waals surface area contributed by atoms with Crippen LogP contribution in [0.5, 0.6) is 0 Å². The Kier molecular flexibility index (Phi) is 4.09. The van der Waals surface area contributed by atoms with Crippen molar-refractivity contribution in [1.82, 2.24) is 10.2 Å². The second kappa shape index (κ2) is 5.56. The molecular formula is C10H17N3O2S. The Morgan fingerprint density at radius 1 is 1.62 bits per heavy atom. The summed E-state index contributed by atoms with van der Waals surface area (Å²) >= 11 is 1.56. The highest BCUT2D eigenvalue weighted by Gasteiger charge is 2.17. The molecule has 2 atom stereocenters. The Balaban J connectivity index is 1.69. The van der Waals surface area contributed by atoms with Gasteiger partial charge in [0.05, 0.1) is 19.3 Å². The van der Waals surface area contributed by atoms with E-state index in [4.69, 9.17) is 9.47 Å². The smallest absolute Gasteiger partial charge is 0.205 e. The number of ether oxygens (including phenoxy) is 2. The zero-order valence-corrected chi connectivity index (χ0v) is 10.4. The van der Waals surface area contributed by atoms with Crippen LogP contribution < -0.4 is 5.32 Å². The lowest BCUT2D eigenvalue weighted by atomic mass is 10.3. The molecule has 1 N–H and O–H groups in total. The number of aryl methyl sites for hydroxylation is 1. The number of aromatic nitrogens is 2. The van der Waals surface area contributed by atoms with Crippen LogP contribution in [0.25, 0.3) is 0 Å². The van der Waals surface area contributed by atoms with Gasteiger partial charge in [-0.3, -0.25) is 0 Å². The minimum Gasteiger partial charge on any atom is -0.379 e. The molecule has 1 fully saturated rings. The van der Waals surface area contributed by atoms with Crippen molar-refractivity contribution in [3.8, 4) is 0 Å². The van der Waals surface area contributed by atoms with Gasteiger partial charge in [-0.2, -0.15) is 0 Å². The van der Waals surface area contributed by atoms with Gasteiger partial charge in [-0.25, -0.2) is 0 Å². The summed E-state index contributed by atoms with van der Waals surface area (Å²) in [6, 6.07) is 0.243. The van der Waals surface area contributed by atoms with Gasteiger partial charge in [0.1, 0.15) is 5.01 Å². The molecule has 0 bridgehead atoms. The van der Waals surface area contributed by atoms with E-state index in [1.807, 2.05) is 6.92 Å². The summed E-state index contributed by atoms with van der Waals surface area (Å²) in [5, 5.41) is 13.1. The first-order chi connectivity index (χ1) is 7.74. The number of hydrogen-bond donors (Lipinski definition) is 1. The van der Waals surface area contributed by atoms with E-state index in [0.717, 1.165) is 29.8 Å². The number of anilines is 1. The molecule has 6 heteroatoms. The van der Waals surface area contributed by atoms with Crippen LogP contribution in [0.2, 0.25) is 0 Å². The molecule has 1 aromatic rings. The zero-order chi connectivity index (χ0) is 11.4. The lowest BCUT2D eigenvalue weighted by Gasteiger charge is -2.15. The lowest BCUT2D eigenvalue weighted by Crippen LogP contribution is -2.25. The fraction of sp³-hybridized carbons (Fsp3) is 0.800. The first kappa shape index (κ1) is 11.8. The van der Waals surface area contributed by atoms with Crippen LogP contribution in [0.15, 0.2) is 0 Å². The molecule has 5 nitrogen and oxygen atoms in total. The van der Waals surface area contributed by atoms with Gasteiger partial charge in [0.25, 0.3) is 0 Å². The maximum atomic E-state index is 5.71. The molecule has 2 rings (SSSR count). The Labute approximate surface area is 99.2 Å². The first-order valence-electron chi connectivity index (χ1n) is 5.50. The van der Waals surface area contributed by atoms with Gasteiger partial charge < -0.3 is 14.8 Å². The largest absolute Gasteiger partial charge is 0.379 e. The first-order valence-corrected chi connectivity index (χ1v) is 6.31. The Hall–Kier alpha value is -0.720. The quantitative estimate of drug-likeness (QED) is 0.848. The van der Waals surface area contributed by atoms with Crippen LogP contribution in [0, 0.1) is 6.92 Å². The summed E-state index contributed by atoms with van der Waals surface area (Å²) in [4.78, 5) is 0. The van der Waals surface area contributed by atoms with Crippen LogP contribution in [0.1, 0.15) is 18.4 Å². The summed E-state index contributed by atoms with van der Waals surface area (Å²) in [5.41, 5.74) is 0. The Morgan fingerprint density at radius 2 is 2.50 bits per heavy atom. The van der Waals surface area contributed by atoms with Gasteiger partial charge >= 0.3 is 0 Å². The molecule has 16 heavy (non-hydrogen) atoms. The van der Waals surface area contributed by atoms with Crippen LogP contribution in [-0.2, 0) is 9.47 Å². The van der Waals surface area contributed by atoms with Gasteiger partial charge in [-0.15, -0.1) is 10.2 Å². The van der Waals surface area contributed by atoms with E-state index in [0.29, 0.717) is 6.61 Å². The highest BCUT2D eigenvalue weighted by atomic mass is 32.1. The second-order valence-corrected chi connectivity index (χ2v) is 5.17. The van der Waals surface area contributed by atoms with Gasteiger partial charge in [-0.1, -0.05) is 11.3 Å². The summed E-state index contributed by atoms with van der Waals surface area (Å²) in [5.74, 6) is 0. The van der Waals surface area contributed by atoms with Gasteiger partial charge in [0.15, 0.2) is 0 Å². The van der Waals surface area contributed by atoms with E-state index < -0.39 is 0 Å². The molecule has 1 aromatic heterocycles. The predicted octanol–water partition coefficient (Wildman–Crippen LogP) is 1.45. The minimum atomic E-state index is 0.243. The van der Waals surface area contributed by atoms with Crippen molar-refractivity contribution in [2.45, 2.75) is 32.4 Å². The van der Waals surface area contributed by atoms with Crippen molar-refractivity contribution in [3.63, 3.8) is 0 Å². The van der Waals surface area contributed by atoms with Crippen LogP contribution >= 0.6 is 11.3 Å². The highest BCUT2D eigenvalue weighted by molar-refractivity contribution is 7.15. The Morgan fingerprint density at radius 3 is 3.12 bits per heavy atom. The summed E-state index contributed by atoms with van der Waals surface area (Å²) in [7, 11) is 0. The molecular weight excluding hydrogens is 226 g/mol. The minimum absolute atomic E-state index is 0.243. The molecule has 0 aromatic carbocycles. The molecule has 2 unspecified atom stereocenters. The van der Waals surface area contributed by atoms with Gasteiger partial charge in [0, 0.05) is 12.6 Å². The van der Waals surface area contributed by atoms with Crippen LogP contribution in [0.3, 0.4) is 0 Å². The van der Waals surface area contributed by atoms with Crippen molar-refractivity contribution in [2.24, 2.45) is 0 Å². The highest BCUT2D eigenvalue weighted by Crippen LogP contribution is 2.15. The molecule has 0 amide bonds. The summed E-state index contributed by atoms with van der Waals surface area (Å²) in [6.07, 6.45) is 1.27. The van der Waals surface area contributed by atoms with Crippen molar-refractivity contribution in [3.05, 3.63) is 5.01 Å². The Bertz CT molecular complexity index is 326. The SMILES string of the molecule is Cc1nnc(NC(C)COC2CCOC2)s1.